The lowest BCUT2D eigenvalue weighted by Crippen LogP contribution is -2.54. The summed E-state index contributed by atoms with van der Waals surface area (Å²) in [5.74, 6) is 0.217. The largest absolute Gasteiger partial charge is 0.388 e. The fourth-order valence-electron chi connectivity index (χ4n) is 4.64. The molecule has 0 heterocycles. The molecule has 34 heavy (non-hydrogen) atoms. The topological polar surface area (TPSA) is 73.9 Å². The van der Waals surface area contributed by atoms with Crippen molar-refractivity contribution < 1.29 is 14.3 Å². The summed E-state index contributed by atoms with van der Waals surface area (Å²) in [6, 6.07) is 8.00. The molecule has 7 nitrogen and oxygen atoms in total. The molecule has 0 saturated heterocycles. The van der Waals surface area contributed by atoms with Crippen LogP contribution in [0.3, 0.4) is 0 Å². The molecule has 1 rings (SSSR count). The number of rotatable bonds is 15. The molecule has 0 aliphatic rings. The van der Waals surface area contributed by atoms with Crippen LogP contribution in [0.15, 0.2) is 24.3 Å². The molecule has 4 unspecified atom stereocenters. The van der Waals surface area contributed by atoms with Crippen LogP contribution < -0.4 is 10.6 Å². The highest BCUT2D eigenvalue weighted by molar-refractivity contribution is 5.87. The first-order chi connectivity index (χ1) is 16.1. The number of nitrogens with zero attached hydrogens (tertiary/aromatic N) is 2. The molecular formula is C27H48N4O3. The molecule has 2 amide bonds. The first-order valence-electron chi connectivity index (χ1n) is 12.6. The van der Waals surface area contributed by atoms with E-state index < -0.39 is 0 Å². The van der Waals surface area contributed by atoms with E-state index in [1.165, 1.54) is 5.56 Å². The summed E-state index contributed by atoms with van der Waals surface area (Å²) in [6.07, 6.45) is 2.60. The summed E-state index contributed by atoms with van der Waals surface area (Å²) in [6.45, 7) is 11.2. The monoisotopic (exact) mass is 476 g/mol. The third kappa shape index (κ3) is 8.58. The minimum atomic E-state index is -0.303. The van der Waals surface area contributed by atoms with Crippen molar-refractivity contribution in [2.24, 2.45) is 11.8 Å². The summed E-state index contributed by atoms with van der Waals surface area (Å²) in [7, 11) is 7.39. The maximum atomic E-state index is 13.1. The maximum Gasteiger partial charge on any atom is 0.242 e. The number of hydrogen-bond donors (Lipinski definition) is 2. The Morgan fingerprint density at radius 3 is 2.12 bits per heavy atom. The van der Waals surface area contributed by atoms with Crippen LogP contribution in [-0.2, 0) is 20.7 Å². The van der Waals surface area contributed by atoms with E-state index in [1.54, 1.807) is 12.0 Å². The average molecular weight is 477 g/mol. The molecule has 0 radical (unpaired) electrons. The number of amides is 2. The van der Waals surface area contributed by atoms with E-state index in [-0.39, 0.29) is 42.5 Å². The number of methoxy groups -OCH3 is 1. The van der Waals surface area contributed by atoms with E-state index in [2.05, 4.69) is 60.6 Å². The van der Waals surface area contributed by atoms with Crippen molar-refractivity contribution in [3.05, 3.63) is 29.8 Å². The molecule has 0 aliphatic carbocycles. The van der Waals surface area contributed by atoms with Gasteiger partial charge in [-0.1, -0.05) is 53.2 Å². The summed E-state index contributed by atoms with van der Waals surface area (Å²) < 4.78 is 5.67. The van der Waals surface area contributed by atoms with E-state index in [9.17, 15) is 9.59 Å². The Labute approximate surface area is 207 Å². The van der Waals surface area contributed by atoms with Crippen LogP contribution in [0.5, 0.6) is 0 Å². The number of anilines is 1. The van der Waals surface area contributed by atoms with Gasteiger partial charge in [0.05, 0.1) is 24.7 Å². The van der Waals surface area contributed by atoms with Gasteiger partial charge in [-0.2, -0.15) is 0 Å². The fraction of sp³-hybridized carbons (Fsp3) is 0.704. The molecule has 0 saturated carbocycles. The molecule has 1 aromatic rings. The van der Waals surface area contributed by atoms with Gasteiger partial charge < -0.3 is 20.3 Å². The van der Waals surface area contributed by atoms with Crippen LogP contribution in [0, 0.1) is 11.8 Å². The first-order valence-corrected chi connectivity index (χ1v) is 12.6. The molecule has 194 valence electrons. The van der Waals surface area contributed by atoms with Crippen LogP contribution in [0.2, 0.25) is 0 Å². The predicted octanol–water partition coefficient (Wildman–Crippen LogP) is 3.64. The van der Waals surface area contributed by atoms with E-state index in [1.807, 2.05) is 35.0 Å². The lowest BCUT2D eigenvalue weighted by Gasteiger charge is -2.37. The van der Waals surface area contributed by atoms with Gasteiger partial charge in [-0.3, -0.25) is 14.5 Å². The van der Waals surface area contributed by atoms with Crippen molar-refractivity contribution >= 4 is 17.5 Å². The van der Waals surface area contributed by atoms with Crippen LogP contribution >= 0.6 is 0 Å². The highest BCUT2D eigenvalue weighted by Crippen LogP contribution is 2.21. The number of likely N-dealkylation sites (N-methyl/N-ethyl adjacent to an activating group) is 2. The van der Waals surface area contributed by atoms with E-state index in [0.29, 0.717) is 5.92 Å². The third-order valence-corrected chi connectivity index (χ3v) is 6.94. The van der Waals surface area contributed by atoms with Gasteiger partial charge in [0.2, 0.25) is 11.8 Å². The lowest BCUT2D eigenvalue weighted by atomic mass is 9.91. The Morgan fingerprint density at radius 1 is 1.03 bits per heavy atom. The van der Waals surface area contributed by atoms with Crippen molar-refractivity contribution in [1.29, 1.82) is 0 Å². The van der Waals surface area contributed by atoms with Gasteiger partial charge in [0.15, 0.2) is 0 Å². The lowest BCUT2D eigenvalue weighted by molar-refractivity contribution is -0.138. The van der Waals surface area contributed by atoms with E-state index >= 15 is 0 Å². The van der Waals surface area contributed by atoms with E-state index in [0.717, 1.165) is 31.5 Å². The van der Waals surface area contributed by atoms with Crippen LogP contribution in [0.25, 0.3) is 0 Å². The number of hydrogen-bond acceptors (Lipinski definition) is 5. The molecule has 0 spiro atoms. The Kier molecular flexibility index (Phi) is 13.2. The van der Waals surface area contributed by atoms with Gasteiger partial charge in [-0.15, -0.1) is 0 Å². The van der Waals surface area contributed by atoms with Crippen molar-refractivity contribution in [3.63, 3.8) is 0 Å². The van der Waals surface area contributed by atoms with Crippen molar-refractivity contribution in [2.75, 3.05) is 46.7 Å². The first kappa shape index (κ1) is 29.9. The molecule has 7 heteroatoms. The highest BCUT2D eigenvalue weighted by atomic mass is 16.5. The average Bonchev–Trinajstić information content (AvgIpc) is 2.83. The van der Waals surface area contributed by atoms with Gasteiger partial charge in [-0.05, 0) is 49.4 Å². The van der Waals surface area contributed by atoms with Crippen LogP contribution in [0.4, 0.5) is 5.69 Å². The Morgan fingerprint density at radius 2 is 1.65 bits per heavy atom. The van der Waals surface area contributed by atoms with Gasteiger partial charge >= 0.3 is 0 Å². The molecule has 0 fully saturated rings. The molecule has 2 N–H and O–H groups in total. The molecule has 1 aromatic carbocycles. The number of ether oxygens (including phenoxy) is 1. The standard InChI is InChI=1S/C27H48N4O3/c1-10-20(5)26(23(11-2)34-9)31(8)24(32)18-29-27(33)25(19(3)4)30(7)17-16-21-12-14-22(28-6)15-13-21/h12-15,19-20,23,25-26,28H,10-11,16-18H2,1-9H3,(H,29,33). The number of carbonyl (C=O) groups is 2. The summed E-state index contributed by atoms with van der Waals surface area (Å²) >= 11 is 0. The highest BCUT2D eigenvalue weighted by Gasteiger charge is 2.32. The van der Waals surface area contributed by atoms with Gasteiger partial charge in [0.25, 0.3) is 0 Å². The predicted molar refractivity (Wildman–Crippen MR) is 141 cm³/mol. The second-order valence-corrected chi connectivity index (χ2v) is 9.65. The van der Waals surface area contributed by atoms with Crippen molar-refractivity contribution in [1.82, 2.24) is 15.1 Å². The van der Waals surface area contributed by atoms with Crippen LogP contribution in [0.1, 0.15) is 53.0 Å². The van der Waals surface area contributed by atoms with E-state index in [4.69, 9.17) is 4.74 Å². The second-order valence-electron chi connectivity index (χ2n) is 9.65. The summed E-state index contributed by atoms with van der Waals surface area (Å²) in [4.78, 5) is 29.9. The SMILES string of the molecule is CCC(C)C(C(CC)OC)N(C)C(=O)CNC(=O)C(C(C)C)N(C)CCc1ccc(NC)cc1. The second kappa shape index (κ2) is 15.0. The Balaban J connectivity index is 2.75. The molecule has 0 aromatic heterocycles. The zero-order valence-electron chi connectivity index (χ0n) is 22.9. The Hall–Kier alpha value is -2.12. The normalized spacial score (nSPS) is 15.0. The minimum absolute atomic E-state index is 0.00897. The maximum absolute atomic E-state index is 13.1. The minimum Gasteiger partial charge on any atom is -0.388 e. The summed E-state index contributed by atoms with van der Waals surface area (Å²) in [5.41, 5.74) is 2.31. The zero-order chi connectivity index (χ0) is 25.8. The van der Waals surface area contributed by atoms with Crippen molar-refractivity contribution in [2.45, 2.75) is 72.1 Å². The van der Waals surface area contributed by atoms with Crippen LogP contribution in [-0.4, -0.2) is 81.1 Å². The molecule has 0 aliphatic heterocycles. The summed E-state index contributed by atoms with van der Waals surface area (Å²) in [5, 5.41) is 6.03. The molecular weight excluding hydrogens is 428 g/mol. The molecule has 0 bridgehead atoms. The fourth-order valence-corrected chi connectivity index (χ4v) is 4.64. The van der Waals surface area contributed by atoms with Gasteiger partial charge in [0, 0.05) is 33.4 Å². The number of nitrogens with one attached hydrogen (secondary N) is 2. The number of benzene rings is 1. The third-order valence-electron chi connectivity index (χ3n) is 6.94. The quantitative estimate of drug-likeness (QED) is 0.404. The smallest absolute Gasteiger partial charge is 0.242 e. The Bertz CT molecular complexity index is 734. The number of carbonyl (C=O) groups excluding carboxylic acids is 2. The zero-order valence-corrected chi connectivity index (χ0v) is 22.9. The molecule has 4 atom stereocenters. The van der Waals surface area contributed by atoms with Gasteiger partial charge in [0.1, 0.15) is 0 Å². The van der Waals surface area contributed by atoms with Crippen molar-refractivity contribution in [3.8, 4) is 0 Å². The van der Waals surface area contributed by atoms with Gasteiger partial charge in [-0.25, -0.2) is 0 Å².